The first-order chi connectivity index (χ1) is 13.8. The van der Waals surface area contributed by atoms with Crippen LogP contribution in [-0.4, -0.2) is 36.5 Å². The van der Waals surface area contributed by atoms with E-state index < -0.39 is 0 Å². The smallest absolute Gasteiger partial charge is 0.254 e. The van der Waals surface area contributed by atoms with E-state index in [1.807, 2.05) is 6.07 Å². The van der Waals surface area contributed by atoms with E-state index in [0.29, 0.717) is 12.0 Å². The van der Waals surface area contributed by atoms with Gasteiger partial charge in [-0.1, -0.05) is 42.5 Å². The summed E-state index contributed by atoms with van der Waals surface area (Å²) in [4.78, 5) is 14.9. The summed E-state index contributed by atoms with van der Waals surface area (Å²) >= 11 is 0. The van der Waals surface area contributed by atoms with Crippen molar-refractivity contribution >= 4 is 5.91 Å². The fourth-order valence-electron chi connectivity index (χ4n) is 4.96. The molecular formula is C24H28N2O2. The Kier molecular flexibility index (Phi) is 4.91. The first-order valence-corrected chi connectivity index (χ1v) is 10.6. The van der Waals surface area contributed by atoms with Crippen molar-refractivity contribution in [2.45, 2.75) is 50.3 Å². The van der Waals surface area contributed by atoms with Gasteiger partial charge in [0.2, 0.25) is 0 Å². The standard InChI is InChI=1S/C24H28N2O2/c27-24-22-10-8-18(13-20(22)15-26(24)21-7-4-12-25-14-21)23-11-9-19(16-28-23)17-5-2-1-3-6-17/h1-3,5-6,8,10,13,19,21,23,25H,4,7,9,11-12,14-16H2. The third-order valence-corrected chi connectivity index (χ3v) is 6.59. The molecule has 4 heteroatoms. The van der Waals surface area contributed by atoms with E-state index in [2.05, 4.69) is 52.7 Å². The molecule has 0 radical (unpaired) electrons. The number of hydrogen-bond acceptors (Lipinski definition) is 3. The van der Waals surface area contributed by atoms with Crippen molar-refractivity contribution in [2.24, 2.45) is 0 Å². The Hall–Kier alpha value is -2.17. The molecule has 0 saturated carbocycles. The number of piperidine rings is 1. The van der Waals surface area contributed by atoms with Gasteiger partial charge in [0.25, 0.3) is 5.91 Å². The van der Waals surface area contributed by atoms with E-state index in [0.717, 1.165) is 57.5 Å². The SMILES string of the molecule is O=C1c2ccc(C3CCC(c4ccccc4)CO3)cc2CN1C1CCCNC1. The minimum Gasteiger partial charge on any atom is -0.373 e. The van der Waals surface area contributed by atoms with Gasteiger partial charge >= 0.3 is 0 Å². The lowest BCUT2D eigenvalue weighted by atomic mass is 9.89. The molecule has 3 atom stereocenters. The van der Waals surface area contributed by atoms with Gasteiger partial charge in [0, 0.05) is 30.6 Å². The molecule has 2 saturated heterocycles. The van der Waals surface area contributed by atoms with Gasteiger partial charge in [0.05, 0.1) is 12.7 Å². The van der Waals surface area contributed by atoms with Gasteiger partial charge < -0.3 is 15.0 Å². The summed E-state index contributed by atoms with van der Waals surface area (Å²) in [5.41, 5.74) is 4.65. The molecule has 0 bridgehead atoms. The molecule has 3 unspecified atom stereocenters. The van der Waals surface area contributed by atoms with Crippen molar-refractivity contribution < 1.29 is 9.53 Å². The highest BCUT2D eigenvalue weighted by molar-refractivity contribution is 5.98. The Labute approximate surface area is 166 Å². The van der Waals surface area contributed by atoms with Crippen molar-refractivity contribution in [3.05, 3.63) is 70.8 Å². The minimum absolute atomic E-state index is 0.144. The van der Waals surface area contributed by atoms with Crippen molar-refractivity contribution in [3.8, 4) is 0 Å². The monoisotopic (exact) mass is 376 g/mol. The van der Waals surface area contributed by atoms with E-state index in [9.17, 15) is 4.79 Å². The molecule has 146 valence electrons. The van der Waals surface area contributed by atoms with Crippen molar-refractivity contribution in [1.29, 1.82) is 0 Å². The summed E-state index contributed by atoms with van der Waals surface area (Å²) in [6.07, 6.45) is 4.57. The molecule has 3 aliphatic heterocycles. The lowest BCUT2D eigenvalue weighted by Gasteiger charge is -2.31. The van der Waals surface area contributed by atoms with Gasteiger partial charge in [-0.3, -0.25) is 4.79 Å². The highest BCUT2D eigenvalue weighted by atomic mass is 16.5. The molecule has 2 aromatic carbocycles. The van der Waals surface area contributed by atoms with E-state index in [4.69, 9.17) is 4.74 Å². The molecule has 0 aliphatic carbocycles. The quantitative estimate of drug-likeness (QED) is 0.879. The van der Waals surface area contributed by atoms with Gasteiger partial charge in [-0.15, -0.1) is 0 Å². The van der Waals surface area contributed by atoms with E-state index in [1.165, 1.54) is 16.7 Å². The fraction of sp³-hybridized carbons (Fsp3) is 0.458. The van der Waals surface area contributed by atoms with E-state index >= 15 is 0 Å². The minimum atomic E-state index is 0.144. The van der Waals surface area contributed by atoms with Gasteiger partial charge in [0.1, 0.15) is 0 Å². The predicted octanol–water partition coefficient (Wildman–Crippen LogP) is 4.03. The number of rotatable bonds is 3. The Morgan fingerprint density at radius 2 is 1.89 bits per heavy atom. The number of ether oxygens (including phenoxy) is 1. The van der Waals surface area contributed by atoms with Gasteiger partial charge in [-0.25, -0.2) is 0 Å². The average molecular weight is 377 g/mol. The predicted molar refractivity (Wildman–Crippen MR) is 109 cm³/mol. The molecular weight excluding hydrogens is 348 g/mol. The van der Waals surface area contributed by atoms with Crippen LogP contribution in [-0.2, 0) is 11.3 Å². The Morgan fingerprint density at radius 3 is 2.64 bits per heavy atom. The molecule has 3 heterocycles. The van der Waals surface area contributed by atoms with Crippen molar-refractivity contribution in [3.63, 3.8) is 0 Å². The Balaban J connectivity index is 1.27. The van der Waals surface area contributed by atoms with Gasteiger partial charge in [-0.05, 0) is 55.0 Å². The second kappa shape index (κ2) is 7.69. The number of nitrogens with one attached hydrogen (secondary N) is 1. The first-order valence-electron chi connectivity index (χ1n) is 10.6. The molecule has 1 N–H and O–H groups in total. The van der Waals surface area contributed by atoms with Crippen LogP contribution in [0.5, 0.6) is 0 Å². The summed E-state index contributed by atoms with van der Waals surface area (Å²) in [6.45, 7) is 3.50. The van der Waals surface area contributed by atoms with E-state index in [1.54, 1.807) is 0 Å². The lowest BCUT2D eigenvalue weighted by molar-refractivity contribution is 0.00233. The molecule has 28 heavy (non-hydrogen) atoms. The molecule has 4 nitrogen and oxygen atoms in total. The van der Waals surface area contributed by atoms with Gasteiger partial charge in [0.15, 0.2) is 0 Å². The average Bonchev–Trinajstić information content (AvgIpc) is 3.11. The molecule has 2 aromatic rings. The van der Waals surface area contributed by atoms with Crippen LogP contribution in [0.1, 0.15) is 64.8 Å². The number of nitrogens with zero attached hydrogens (tertiary/aromatic N) is 1. The third-order valence-electron chi connectivity index (χ3n) is 6.59. The third kappa shape index (κ3) is 3.36. The van der Waals surface area contributed by atoms with Crippen LogP contribution in [0.4, 0.5) is 0 Å². The van der Waals surface area contributed by atoms with Gasteiger partial charge in [-0.2, -0.15) is 0 Å². The highest BCUT2D eigenvalue weighted by Crippen LogP contribution is 2.37. The number of carbonyl (C=O) groups excluding carboxylic acids is 1. The van der Waals surface area contributed by atoms with E-state index in [-0.39, 0.29) is 12.0 Å². The molecule has 3 aliphatic rings. The van der Waals surface area contributed by atoms with Crippen LogP contribution in [0.3, 0.4) is 0 Å². The second-order valence-corrected chi connectivity index (χ2v) is 8.36. The maximum Gasteiger partial charge on any atom is 0.254 e. The molecule has 0 spiro atoms. The zero-order valence-corrected chi connectivity index (χ0v) is 16.3. The summed E-state index contributed by atoms with van der Waals surface area (Å²) in [7, 11) is 0. The lowest BCUT2D eigenvalue weighted by Crippen LogP contribution is -2.46. The van der Waals surface area contributed by atoms with Crippen LogP contribution in [0.2, 0.25) is 0 Å². The first kappa shape index (κ1) is 17.9. The number of benzene rings is 2. The summed E-state index contributed by atoms with van der Waals surface area (Å²) in [6, 6.07) is 17.3. The molecule has 5 rings (SSSR count). The summed E-state index contributed by atoms with van der Waals surface area (Å²) in [5, 5.41) is 3.43. The Bertz CT molecular complexity index is 837. The normalized spacial score (nSPS) is 27.6. The van der Waals surface area contributed by atoms with Crippen LogP contribution in [0.25, 0.3) is 0 Å². The fourth-order valence-corrected chi connectivity index (χ4v) is 4.96. The number of amides is 1. The molecule has 1 amide bonds. The zero-order valence-electron chi connectivity index (χ0n) is 16.3. The second-order valence-electron chi connectivity index (χ2n) is 8.36. The van der Waals surface area contributed by atoms with Crippen molar-refractivity contribution in [1.82, 2.24) is 10.2 Å². The van der Waals surface area contributed by atoms with Crippen LogP contribution >= 0.6 is 0 Å². The Morgan fingerprint density at radius 1 is 1.00 bits per heavy atom. The number of carbonyl (C=O) groups is 1. The summed E-state index contributed by atoms with van der Waals surface area (Å²) < 4.78 is 6.25. The topological polar surface area (TPSA) is 41.6 Å². The van der Waals surface area contributed by atoms with Crippen LogP contribution in [0.15, 0.2) is 48.5 Å². The van der Waals surface area contributed by atoms with Crippen LogP contribution < -0.4 is 5.32 Å². The molecule has 2 fully saturated rings. The van der Waals surface area contributed by atoms with Crippen LogP contribution in [0, 0.1) is 0 Å². The highest BCUT2D eigenvalue weighted by Gasteiger charge is 2.34. The largest absolute Gasteiger partial charge is 0.373 e. The summed E-state index contributed by atoms with van der Waals surface area (Å²) in [5.74, 6) is 0.687. The molecule has 0 aromatic heterocycles. The number of fused-ring (bicyclic) bond motifs is 1. The number of hydrogen-bond donors (Lipinski definition) is 1. The maximum absolute atomic E-state index is 12.9. The zero-order chi connectivity index (χ0) is 18.9. The van der Waals surface area contributed by atoms with Crippen molar-refractivity contribution in [2.75, 3.05) is 19.7 Å². The maximum atomic E-state index is 12.9.